The maximum atomic E-state index is 13.2. The van der Waals surface area contributed by atoms with Crippen molar-refractivity contribution in [3.63, 3.8) is 0 Å². The number of rotatable bonds is 8. The smallest absolute Gasteiger partial charge is 0.191 e. The predicted molar refractivity (Wildman–Crippen MR) is 124 cm³/mol. The molecule has 0 aromatic heterocycles. The molecule has 7 heteroatoms. The van der Waals surface area contributed by atoms with Crippen LogP contribution in [0.1, 0.15) is 17.2 Å². The minimum Gasteiger partial charge on any atom is -0.497 e. The lowest BCUT2D eigenvalue weighted by atomic mass is 10.1. The van der Waals surface area contributed by atoms with Gasteiger partial charge in [-0.05, 0) is 55.9 Å². The number of aliphatic imine (C=N–C) groups is 1. The number of guanidine groups is 1. The summed E-state index contributed by atoms with van der Waals surface area (Å²) in [5.74, 6) is 1.39. The first-order chi connectivity index (χ1) is 13.0. The van der Waals surface area contributed by atoms with Crippen molar-refractivity contribution >= 4 is 29.9 Å². The van der Waals surface area contributed by atoms with Gasteiger partial charge in [0.25, 0.3) is 0 Å². The van der Waals surface area contributed by atoms with Gasteiger partial charge in [0.15, 0.2) is 5.96 Å². The van der Waals surface area contributed by atoms with E-state index < -0.39 is 0 Å². The fourth-order valence-corrected chi connectivity index (χ4v) is 2.81. The number of methoxy groups -OCH3 is 1. The standard InChI is InChI=1S/C21H29FN4O.HI/c1-23-21(24-14-13-16-5-11-19(27-4)12-6-16)25-15-20(26(2)3)17-7-9-18(22)10-8-17;/h5-12,20H,13-15H2,1-4H3,(H2,23,24,25);1H. The molecule has 2 aromatic rings. The van der Waals surface area contributed by atoms with Gasteiger partial charge in [0, 0.05) is 20.1 Å². The highest BCUT2D eigenvalue weighted by Gasteiger charge is 2.14. The number of hydrogen-bond donors (Lipinski definition) is 2. The first kappa shape index (κ1) is 24.2. The molecule has 0 bridgehead atoms. The molecule has 28 heavy (non-hydrogen) atoms. The van der Waals surface area contributed by atoms with Gasteiger partial charge in [-0.1, -0.05) is 24.3 Å². The maximum absolute atomic E-state index is 13.2. The van der Waals surface area contributed by atoms with Crippen molar-refractivity contribution in [1.29, 1.82) is 0 Å². The van der Waals surface area contributed by atoms with Crippen LogP contribution in [0, 0.1) is 5.82 Å². The Morgan fingerprint density at radius 1 is 1.07 bits per heavy atom. The zero-order chi connectivity index (χ0) is 19.6. The highest BCUT2D eigenvalue weighted by molar-refractivity contribution is 14.0. The van der Waals surface area contributed by atoms with Crippen LogP contribution in [-0.2, 0) is 6.42 Å². The van der Waals surface area contributed by atoms with Crippen LogP contribution >= 0.6 is 24.0 Å². The van der Waals surface area contributed by atoms with Crippen LogP contribution in [0.25, 0.3) is 0 Å². The van der Waals surface area contributed by atoms with Gasteiger partial charge in [-0.3, -0.25) is 4.99 Å². The molecule has 0 saturated heterocycles. The second kappa shape index (κ2) is 12.6. The predicted octanol–water partition coefficient (Wildman–Crippen LogP) is 3.46. The highest BCUT2D eigenvalue weighted by Crippen LogP contribution is 2.17. The molecule has 0 heterocycles. The first-order valence-electron chi connectivity index (χ1n) is 9.03. The van der Waals surface area contributed by atoms with Crippen molar-refractivity contribution < 1.29 is 9.13 Å². The SMILES string of the molecule is CN=C(NCCc1ccc(OC)cc1)NCC(c1ccc(F)cc1)N(C)C.I. The van der Waals surface area contributed by atoms with E-state index in [-0.39, 0.29) is 35.8 Å². The zero-order valence-electron chi connectivity index (χ0n) is 16.9. The Bertz CT molecular complexity index is 720. The van der Waals surface area contributed by atoms with Gasteiger partial charge in [-0.15, -0.1) is 24.0 Å². The summed E-state index contributed by atoms with van der Waals surface area (Å²) in [5, 5.41) is 6.68. The van der Waals surface area contributed by atoms with Crippen molar-refractivity contribution in [2.75, 3.05) is 41.3 Å². The third-order valence-corrected chi connectivity index (χ3v) is 4.43. The van der Waals surface area contributed by atoms with E-state index in [9.17, 15) is 4.39 Å². The number of halogens is 2. The van der Waals surface area contributed by atoms with Gasteiger partial charge in [-0.25, -0.2) is 4.39 Å². The molecule has 0 fully saturated rings. The summed E-state index contributed by atoms with van der Waals surface area (Å²) in [6.07, 6.45) is 0.889. The van der Waals surface area contributed by atoms with Crippen LogP contribution in [0.5, 0.6) is 5.75 Å². The lowest BCUT2D eigenvalue weighted by Crippen LogP contribution is -2.42. The Balaban J connectivity index is 0.00000392. The largest absolute Gasteiger partial charge is 0.497 e. The molecule has 0 radical (unpaired) electrons. The maximum Gasteiger partial charge on any atom is 0.191 e. The lowest BCUT2D eigenvalue weighted by Gasteiger charge is -2.26. The molecule has 1 unspecified atom stereocenters. The van der Waals surface area contributed by atoms with Gasteiger partial charge < -0.3 is 20.3 Å². The molecule has 0 aliphatic rings. The summed E-state index contributed by atoms with van der Waals surface area (Å²) in [5.41, 5.74) is 2.29. The Morgan fingerprint density at radius 2 is 1.71 bits per heavy atom. The molecule has 0 saturated carbocycles. The summed E-state index contributed by atoms with van der Waals surface area (Å²) >= 11 is 0. The first-order valence-corrected chi connectivity index (χ1v) is 9.03. The molecule has 1 atom stereocenters. The van der Waals surface area contributed by atoms with Crippen LogP contribution in [0.2, 0.25) is 0 Å². The number of nitrogens with one attached hydrogen (secondary N) is 2. The molecular formula is C21H30FIN4O. The fourth-order valence-electron chi connectivity index (χ4n) is 2.81. The number of benzene rings is 2. The molecule has 0 aliphatic heterocycles. The van der Waals surface area contributed by atoms with Crippen LogP contribution < -0.4 is 15.4 Å². The van der Waals surface area contributed by atoms with Gasteiger partial charge in [0.2, 0.25) is 0 Å². The number of ether oxygens (including phenoxy) is 1. The third-order valence-electron chi connectivity index (χ3n) is 4.43. The summed E-state index contributed by atoms with van der Waals surface area (Å²) in [6.45, 7) is 1.44. The molecule has 0 aliphatic carbocycles. The second-order valence-corrected chi connectivity index (χ2v) is 6.51. The number of hydrogen-bond acceptors (Lipinski definition) is 3. The van der Waals surface area contributed by atoms with Crippen molar-refractivity contribution in [3.8, 4) is 5.75 Å². The van der Waals surface area contributed by atoms with E-state index in [1.165, 1.54) is 17.7 Å². The lowest BCUT2D eigenvalue weighted by molar-refractivity contribution is 0.298. The van der Waals surface area contributed by atoms with E-state index in [1.54, 1.807) is 14.2 Å². The fraction of sp³-hybridized carbons (Fsp3) is 0.381. The molecule has 0 spiro atoms. The van der Waals surface area contributed by atoms with Crippen molar-refractivity contribution in [2.45, 2.75) is 12.5 Å². The van der Waals surface area contributed by atoms with E-state index in [0.29, 0.717) is 6.54 Å². The molecule has 2 rings (SSSR count). The Kier molecular flexibility index (Phi) is 10.8. The minimum absolute atomic E-state index is 0. The van der Waals surface area contributed by atoms with Crippen molar-refractivity contribution in [2.24, 2.45) is 4.99 Å². The number of nitrogens with zero attached hydrogens (tertiary/aromatic N) is 2. The molecule has 2 N–H and O–H groups in total. The average molecular weight is 500 g/mol. The highest BCUT2D eigenvalue weighted by atomic mass is 127. The molecular weight excluding hydrogens is 470 g/mol. The number of likely N-dealkylation sites (N-methyl/N-ethyl adjacent to an activating group) is 1. The van der Waals surface area contributed by atoms with Gasteiger partial charge in [0.1, 0.15) is 11.6 Å². The van der Waals surface area contributed by atoms with E-state index in [0.717, 1.165) is 30.2 Å². The van der Waals surface area contributed by atoms with Crippen molar-refractivity contribution in [1.82, 2.24) is 15.5 Å². The summed E-state index contributed by atoms with van der Waals surface area (Å²) in [6, 6.07) is 14.8. The molecule has 2 aromatic carbocycles. The van der Waals surface area contributed by atoms with E-state index in [1.807, 2.05) is 38.4 Å². The quantitative estimate of drug-likeness (QED) is 0.331. The normalized spacial score (nSPS) is 12.3. The zero-order valence-corrected chi connectivity index (χ0v) is 19.2. The van der Waals surface area contributed by atoms with Crippen molar-refractivity contribution in [3.05, 3.63) is 65.5 Å². The van der Waals surface area contributed by atoms with E-state index >= 15 is 0 Å². The van der Waals surface area contributed by atoms with E-state index in [4.69, 9.17) is 4.74 Å². The summed E-state index contributed by atoms with van der Waals surface area (Å²) in [7, 11) is 7.44. The van der Waals surface area contributed by atoms with Crippen LogP contribution in [0.3, 0.4) is 0 Å². The van der Waals surface area contributed by atoms with Gasteiger partial charge in [-0.2, -0.15) is 0 Å². The van der Waals surface area contributed by atoms with Crippen LogP contribution in [0.15, 0.2) is 53.5 Å². The average Bonchev–Trinajstić information content (AvgIpc) is 2.68. The molecule has 5 nitrogen and oxygen atoms in total. The van der Waals surface area contributed by atoms with Crippen LogP contribution in [0.4, 0.5) is 4.39 Å². The molecule has 0 amide bonds. The Morgan fingerprint density at radius 3 is 2.25 bits per heavy atom. The monoisotopic (exact) mass is 500 g/mol. The Hall–Kier alpha value is -1.87. The third kappa shape index (κ3) is 7.63. The topological polar surface area (TPSA) is 48.9 Å². The van der Waals surface area contributed by atoms with E-state index in [2.05, 4.69) is 32.7 Å². The minimum atomic E-state index is -0.222. The van der Waals surface area contributed by atoms with Gasteiger partial charge >= 0.3 is 0 Å². The second-order valence-electron chi connectivity index (χ2n) is 6.51. The summed E-state index contributed by atoms with van der Waals surface area (Å²) < 4.78 is 18.4. The Labute approximate surface area is 184 Å². The van der Waals surface area contributed by atoms with Crippen LogP contribution in [-0.4, -0.2) is 52.2 Å². The van der Waals surface area contributed by atoms with Gasteiger partial charge in [0.05, 0.1) is 13.2 Å². The summed E-state index contributed by atoms with van der Waals surface area (Å²) in [4.78, 5) is 6.38. The molecule has 154 valence electrons.